The van der Waals surface area contributed by atoms with Crippen molar-refractivity contribution in [2.45, 2.75) is 61.6 Å². The molecule has 0 bridgehead atoms. The zero-order valence-electron chi connectivity index (χ0n) is 21.6. The summed E-state index contributed by atoms with van der Waals surface area (Å²) >= 11 is 0. The molecule has 11 heteroatoms. The van der Waals surface area contributed by atoms with Crippen LogP contribution in [0.3, 0.4) is 0 Å². The van der Waals surface area contributed by atoms with Crippen molar-refractivity contribution in [1.29, 1.82) is 0 Å². The number of aromatic nitrogens is 1. The molecule has 0 saturated carbocycles. The number of carbonyl (C=O) groups excluding carboxylic acids is 3. The van der Waals surface area contributed by atoms with E-state index in [9.17, 15) is 22.8 Å². The number of benzene rings is 1. The second kappa shape index (κ2) is 10.8. The molecule has 2 aromatic heterocycles. The number of nitrogens with one attached hydrogen (secondary N) is 3. The van der Waals surface area contributed by atoms with Crippen molar-refractivity contribution in [3.05, 3.63) is 60.5 Å². The molecular weight excluding hydrogens is 508 g/mol. The van der Waals surface area contributed by atoms with Gasteiger partial charge in [-0.1, -0.05) is 38.1 Å². The van der Waals surface area contributed by atoms with E-state index in [4.69, 9.17) is 4.42 Å². The minimum Gasteiger partial charge on any atom is -0.451 e. The highest BCUT2D eigenvalue weighted by Crippen LogP contribution is 2.33. The van der Waals surface area contributed by atoms with Crippen LogP contribution in [-0.2, 0) is 19.4 Å². The summed E-state index contributed by atoms with van der Waals surface area (Å²) in [6.07, 6.45) is 1.98. The topological polar surface area (TPSA) is 147 Å². The number of fused-ring (bicyclic) bond motifs is 1. The highest BCUT2D eigenvalue weighted by atomic mass is 32.2. The summed E-state index contributed by atoms with van der Waals surface area (Å²) in [5.41, 5.74) is -1.42. The molecule has 4 rings (SSSR count). The summed E-state index contributed by atoms with van der Waals surface area (Å²) in [6, 6.07) is 12.8. The standard InChI is InChI=1S/C27H32N4O6S/c1-18(2)15-26(17-32,30-25(34)22-14-20-8-4-5-9-21(20)37-22)31-27(12-11-19(3)29-16-23(27)33)38(35,36)24-10-6-7-13-28-24/h4-10,13-14,17-19,29,31H,11-12,15-16H2,1-3H3,(H,30,34)/t19-,26+,27+/m1/s1. The van der Waals surface area contributed by atoms with Crippen molar-refractivity contribution in [1.82, 2.24) is 20.9 Å². The SMILES string of the molecule is CC(C)C[C@](C=O)(NC(=O)c1cc2ccccc2o1)N[C@]1(S(=O)(=O)c2ccccn2)CC[C@@H](C)NCC1=O. The number of furan rings is 1. The Labute approximate surface area is 221 Å². The van der Waals surface area contributed by atoms with Crippen LogP contribution in [0, 0.1) is 5.92 Å². The zero-order chi connectivity index (χ0) is 27.6. The highest BCUT2D eigenvalue weighted by Gasteiger charge is 2.56. The van der Waals surface area contributed by atoms with Crippen LogP contribution in [0.2, 0.25) is 0 Å². The summed E-state index contributed by atoms with van der Waals surface area (Å²) in [5.74, 6) is -1.61. The Morgan fingerprint density at radius 1 is 1.26 bits per heavy atom. The van der Waals surface area contributed by atoms with E-state index in [1.54, 1.807) is 36.4 Å². The average Bonchev–Trinajstić information content (AvgIpc) is 3.28. The van der Waals surface area contributed by atoms with Crippen LogP contribution in [0.25, 0.3) is 11.0 Å². The van der Waals surface area contributed by atoms with Crippen LogP contribution >= 0.6 is 0 Å². The highest BCUT2D eigenvalue weighted by molar-refractivity contribution is 7.93. The Kier molecular flexibility index (Phi) is 7.82. The van der Waals surface area contributed by atoms with Gasteiger partial charge in [0.2, 0.25) is 9.84 Å². The Morgan fingerprint density at radius 2 is 2.00 bits per heavy atom. The smallest absolute Gasteiger partial charge is 0.288 e. The monoisotopic (exact) mass is 540 g/mol. The van der Waals surface area contributed by atoms with Gasteiger partial charge < -0.3 is 15.1 Å². The maximum atomic E-state index is 14.1. The number of hydrogen-bond donors (Lipinski definition) is 3. The summed E-state index contributed by atoms with van der Waals surface area (Å²) < 4.78 is 33.9. The third-order valence-corrected chi connectivity index (χ3v) is 8.95. The summed E-state index contributed by atoms with van der Waals surface area (Å²) in [5, 5.41) is 8.98. The molecule has 0 aliphatic carbocycles. The number of hydrogen-bond acceptors (Lipinski definition) is 9. The van der Waals surface area contributed by atoms with E-state index < -0.39 is 32.1 Å². The molecule has 202 valence electrons. The Balaban J connectivity index is 1.81. The quantitative estimate of drug-likeness (QED) is 0.275. The lowest BCUT2D eigenvalue weighted by Gasteiger charge is -2.41. The maximum absolute atomic E-state index is 14.1. The summed E-state index contributed by atoms with van der Waals surface area (Å²) in [6.45, 7) is 5.26. The van der Waals surface area contributed by atoms with Crippen molar-refractivity contribution in [2.24, 2.45) is 5.92 Å². The van der Waals surface area contributed by atoms with E-state index in [1.807, 2.05) is 20.8 Å². The molecule has 38 heavy (non-hydrogen) atoms. The first kappa shape index (κ1) is 27.6. The molecule has 0 radical (unpaired) electrons. The molecule has 1 aromatic carbocycles. The number of rotatable bonds is 9. The van der Waals surface area contributed by atoms with E-state index in [0.29, 0.717) is 23.7 Å². The molecule has 1 aliphatic rings. The van der Waals surface area contributed by atoms with Gasteiger partial charge in [0.1, 0.15) is 11.2 Å². The number of pyridine rings is 1. The molecule has 1 amide bonds. The molecule has 1 fully saturated rings. The van der Waals surface area contributed by atoms with Crippen LogP contribution in [0.1, 0.15) is 50.6 Å². The second-order valence-corrected chi connectivity index (χ2v) is 12.3. The van der Waals surface area contributed by atoms with Crippen LogP contribution in [0.15, 0.2) is 64.2 Å². The first-order valence-electron chi connectivity index (χ1n) is 12.5. The van der Waals surface area contributed by atoms with Gasteiger partial charge in [-0.2, -0.15) is 0 Å². The maximum Gasteiger partial charge on any atom is 0.288 e. The zero-order valence-corrected chi connectivity index (χ0v) is 22.4. The molecule has 3 heterocycles. The normalized spacial score (nSPS) is 22.1. The van der Waals surface area contributed by atoms with E-state index in [0.717, 1.165) is 0 Å². The minimum atomic E-state index is -4.47. The van der Waals surface area contributed by atoms with Gasteiger partial charge in [0.15, 0.2) is 27.7 Å². The summed E-state index contributed by atoms with van der Waals surface area (Å²) in [7, 11) is -4.47. The fourth-order valence-corrected chi connectivity index (χ4v) is 6.73. The van der Waals surface area contributed by atoms with E-state index in [1.165, 1.54) is 18.3 Å². The van der Waals surface area contributed by atoms with Gasteiger partial charge in [-0.05, 0) is 56.4 Å². The lowest BCUT2D eigenvalue weighted by Crippen LogP contribution is -2.72. The largest absolute Gasteiger partial charge is 0.451 e. The van der Waals surface area contributed by atoms with Gasteiger partial charge >= 0.3 is 0 Å². The average molecular weight is 541 g/mol. The molecule has 3 N–H and O–H groups in total. The minimum absolute atomic E-state index is 0.0121. The predicted molar refractivity (Wildman–Crippen MR) is 141 cm³/mol. The third kappa shape index (κ3) is 5.27. The first-order valence-corrected chi connectivity index (χ1v) is 14.0. The van der Waals surface area contributed by atoms with E-state index in [2.05, 4.69) is 20.9 Å². The predicted octanol–water partition coefficient (Wildman–Crippen LogP) is 2.60. The number of sulfone groups is 1. The Morgan fingerprint density at radius 3 is 2.66 bits per heavy atom. The van der Waals surface area contributed by atoms with Crippen molar-refractivity contribution in [2.75, 3.05) is 6.54 Å². The third-order valence-electron chi connectivity index (χ3n) is 6.71. The fraction of sp³-hybridized carbons (Fsp3) is 0.407. The van der Waals surface area contributed by atoms with Gasteiger partial charge in [0.25, 0.3) is 5.91 Å². The van der Waals surface area contributed by atoms with Crippen molar-refractivity contribution in [3.63, 3.8) is 0 Å². The van der Waals surface area contributed by atoms with Crippen molar-refractivity contribution in [3.8, 4) is 0 Å². The molecular formula is C27H32N4O6S. The van der Waals surface area contributed by atoms with Crippen molar-refractivity contribution < 1.29 is 27.2 Å². The van der Waals surface area contributed by atoms with E-state index >= 15 is 0 Å². The number of carbonyl (C=O) groups is 3. The molecule has 1 saturated heterocycles. The van der Waals surface area contributed by atoms with Gasteiger partial charge in [-0.25, -0.2) is 13.4 Å². The first-order chi connectivity index (χ1) is 18.0. The summed E-state index contributed by atoms with van der Waals surface area (Å²) in [4.78, 5) is 41.6. The molecule has 3 aromatic rings. The van der Waals surface area contributed by atoms with E-state index in [-0.39, 0.29) is 42.1 Å². The second-order valence-electron chi connectivity index (χ2n) is 10.2. The van der Waals surface area contributed by atoms with Gasteiger partial charge in [0, 0.05) is 17.6 Å². The van der Waals surface area contributed by atoms with Gasteiger partial charge in [-0.15, -0.1) is 0 Å². The Bertz CT molecular complexity index is 1410. The van der Waals surface area contributed by atoms with Gasteiger partial charge in [0.05, 0.1) is 6.54 Å². The van der Waals surface area contributed by atoms with Crippen LogP contribution in [0.4, 0.5) is 0 Å². The molecule has 1 aliphatic heterocycles. The molecule has 0 unspecified atom stereocenters. The fourth-order valence-electron chi connectivity index (χ4n) is 4.84. The lowest BCUT2D eigenvalue weighted by atomic mass is 9.94. The van der Waals surface area contributed by atoms with Gasteiger partial charge in [-0.3, -0.25) is 19.7 Å². The molecule has 10 nitrogen and oxygen atoms in total. The lowest BCUT2D eigenvalue weighted by molar-refractivity contribution is -0.123. The van der Waals surface area contributed by atoms with Crippen LogP contribution in [-0.4, -0.2) is 54.5 Å². The number of aldehydes is 1. The number of ketones is 1. The number of para-hydroxylation sites is 1. The molecule has 0 spiro atoms. The van der Waals surface area contributed by atoms with Crippen LogP contribution < -0.4 is 16.0 Å². The van der Waals surface area contributed by atoms with Crippen LogP contribution in [0.5, 0.6) is 0 Å². The van der Waals surface area contributed by atoms with Crippen molar-refractivity contribution >= 4 is 38.8 Å². The Hall–Kier alpha value is -3.41. The number of Topliss-reactive ketones (excluding diaryl/α,β-unsaturated/α-hetero) is 1. The number of amides is 1. The molecule has 3 atom stereocenters. The number of nitrogens with zero attached hydrogens (tertiary/aromatic N) is 1.